The second-order valence-corrected chi connectivity index (χ2v) is 6.02. The van der Waals surface area contributed by atoms with Gasteiger partial charge in [-0.15, -0.1) is 10.2 Å². The zero-order valence-electron chi connectivity index (χ0n) is 11.8. The van der Waals surface area contributed by atoms with Crippen molar-refractivity contribution in [2.45, 2.75) is 0 Å². The first-order chi connectivity index (χ1) is 11.4. The molecule has 2 aromatic heterocycles. The molecule has 0 fully saturated rings. The molecule has 2 aromatic carbocycles. The standard InChI is InChI=1S/C16H10N4O2S/c1-2-4-10(5-3-1)14-17-18-16-20(14)19-15(23-16)11-6-7-12-13(8-11)22-9-21-12/h1-8H,9H2. The van der Waals surface area contributed by atoms with Crippen molar-refractivity contribution in [3.05, 3.63) is 48.5 Å². The lowest BCUT2D eigenvalue weighted by Crippen LogP contribution is -1.92. The fourth-order valence-corrected chi connectivity index (χ4v) is 3.37. The lowest BCUT2D eigenvalue weighted by molar-refractivity contribution is 0.174. The van der Waals surface area contributed by atoms with Gasteiger partial charge in [-0.05, 0) is 18.2 Å². The summed E-state index contributed by atoms with van der Waals surface area (Å²) >= 11 is 1.49. The number of nitrogens with zero attached hydrogens (tertiary/aromatic N) is 4. The molecule has 112 valence electrons. The van der Waals surface area contributed by atoms with E-state index in [1.54, 1.807) is 4.52 Å². The normalized spacial score (nSPS) is 12.9. The number of ether oxygens (including phenoxy) is 2. The van der Waals surface area contributed by atoms with Gasteiger partial charge in [0.05, 0.1) is 0 Å². The van der Waals surface area contributed by atoms with Gasteiger partial charge < -0.3 is 9.47 Å². The van der Waals surface area contributed by atoms with Gasteiger partial charge in [0.25, 0.3) is 0 Å². The summed E-state index contributed by atoms with van der Waals surface area (Å²) < 4.78 is 12.6. The van der Waals surface area contributed by atoms with Crippen LogP contribution in [0.4, 0.5) is 0 Å². The van der Waals surface area contributed by atoms with Crippen LogP contribution in [0.25, 0.3) is 26.9 Å². The molecule has 0 saturated carbocycles. The Bertz CT molecular complexity index is 1010. The number of aromatic nitrogens is 4. The van der Waals surface area contributed by atoms with Crippen LogP contribution in [-0.2, 0) is 0 Å². The Morgan fingerprint density at radius 3 is 2.70 bits per heavy atom. The molecule has 0 N–H and O–H groups in total. The van der Waals surface area contributed by atoms with E-state index in [2.05, 4.69) is 15.3 Å². The van der Waals surface area contributed by atoms with Gasteiger partial charge in [-0.3, -0.25) is 0 Å². The quantitative estimate of drug-likeness (QED) is 0.567. The molecule has 0 unspecified atom stereocenters. The van der Waals surface area contributed by atoms with Crippen molar-refractivity contribution in [2.24, 2.45) is 0 Å². The first kappa shape index (κ1) is 12.6. The van der Waals surface area contributed by atoms with Gasteiger partial charge in [0.1, 0.15) is 5.01 Å². The summed E-state index contributed by atoms with van der Waals surface area (Å²) in [7, 11) is 0. The van der Waals surface area contributed by atoms with E-state index in [4.69, 9.17) is 9.47 Å². The van der Waals surface area contributed by atoms with E-state index < -0.39 is 0 Å². The number of hydrogen-bond donors (Lipinski definition) is 0. The molecule has 0 radical (unpaired) electrons. The van der Waals surface area contributed by atoms with Crippen LogP contribution in [0.2, 0.25) is 0 Å². The van der Waals surface area contributed by atoms with Crippen LogP contribution in [0, 0.1) is 0 Å². The van der Waals surface area contributed by atoms with Gasteiger partial charge in [0.2, 0.25) is 11.8 Å². The van der Waals surface area contributed by atoms with Crippen LogP contribution < -0.4 is 9.47 Å². The summed E-state index contributed by atoms with van der Waals surface area (Å²) in [6.45, 7) is 0.266. The minimum absolute atomic E-state index is 0.266. The Balaban J connectivity index is 1.63. The number of fused-ring (bicyclic) bond motifs is 2. The van der Waals surface area contributed by atoms with Crippen LogP contribution in [0.15, 0.2) is 48.5 Å². The predicted octanol–water partition coefficient (Wildman–Crippen LogP) is 3.25. The van der Waals surface area contributed by atoms with Gasteiger partial charge in [0, 0.05) is 11.1 Å². The first-order valence-corrected chi connectivity index (χ1v) is 7.88. The summed E-state index contributed by atoms with van der Waals surface area (Å²) in [5.74, 6) is 2.25. The molecule has 0 spiro atoms. The van der Waals surface area contributed by atoms with Crippen molar-refractivity contribution in [3.8, 4) is 33.5 Å². The molecular formula is C16H10N4O2S. The van der Waals surface area contributed by atoms with E-state index in [0.717, 1.165) is 38.4 Å². The third-order valence-corrected chi connectivity index (χ3v) is 4.59. The van der Waals surface area contributed by atoms with E-state index in [9.17, 15) is 0 Å². The second kappa shape index (κ2) is 4.79. The molecule has 1 aliphatic heterocycles. The fraction of sp³-hybridized carbons (Fsp3) is 0.0625. The average molecular weight is 322 g/mol. The molecule has 23 heavy (non-hydrogen) atoms. The summed E-state index contributed by atoms with van der Waals surface area (Å²) in [6, 6.07) is 15.7. The van der Waals surface area contributed by atoms with Gasteiger partial charge in [-0.25, -0.2) is 0 Å². The summed E-state index contributed by atoms with van der Waals surface area (Å²) in [6.07, 6.45) is 0. The van der Waals surface area contributed by atoms with Crippen LogP contribution in [0.3, 0.4) is 0 Å². The van der Waals surface area contributed by atoms with Crippen LogP contribution in [0.1, 0.15) is 0 Å². The minimum Gasteiger partial charge on any atom is -0.454 e. The van der Waals surface area contributed by atoms with E-state index in [-0.39, 0.29) is 6.79 Å². The maximum absolute atomic E-state index is 5.43. The van der Waals surface area contributed by atoms with Crippen LogP contribution >= 0.6 is 11.3 Å². The summed E-state index contributed by atoms with van der Waals surface area (Å²) in [4.78, 5) is 0.761. The van der Waals surface area contributed by atoms with Gasteiger partial charge in [-0.2, -0.15) is 9.61 Å². The predicted molar refractivity (Wildman–Crippen MR) is 85.7 cm³/mol. The molecule has 0 atom stereocenters. The van der Waals surface area contributed by atoms with Crippen LogP contribution in [0.5, 0.6) is 11.5 Å². The molecule has 3 heterocycles. The Morgan fingerprint density at radius 1 is 0.913 bits per heavy atom. The highest BCUT2D eigenvalue weighted by atomic mass is 32.1. The lowest BCUT2D eigenvalue weighted by atomic mass is 10.2. The topological polar surface area (TPSA) is 61.5 Å². The van der Waals surface area contributed by atoms with E-state index in [1.165, 1.54) is 11.3 Å². The van der Waals surface area contributed by atoms with Gasteiger partial charge in [-0.1, -0.05) is 41.7 Å². The van der Waals surface area contributed by atoms with Crippen LogP contribution in [-0.4, -0.2) is 26.6 Å². The first-order valence-electron chi connectivity index (χ1n) is 7.06. The fourth-order valence-electron chi connectivity index (χ4n) is 2.53. The maximum Gasteiger partial charge on any atom is 0.235 e. The maximum atomic E-state index is 5.43. The van der Waals surface area contributed by atoms with Crippen molar-refractivity contribution in [3.63, 3.8) is 0 Å². The zero-order valence-corrected chi connectivity index (χ0v) is 12.7. The monoisotopic (exact) mass is 322 g/mol. The molecule has 5 rings (SSSR count). The Labute approximate surface area is 134 Å². The van der Waals surface area contributed by atoms with E-state index in [1.807, 2.05) is 48.5 Å². The highest BCUT2D eigenvalue weighted by molar-refractivity contribution is 7.19. The number of hydrogen-bond acceptors (Lipinski definition) is 6. The second-order valence-electron chi connectivity index (χ2n) is 5.06. The smallest absolute Gasteiger partial charge is 0.235 e. The molecule has 4 aromatic rings. The van der Waals surface area contributed by atoms with Gasteiger partial charge in [0.15, 0.2) is 17.3 Å². The van der Waals surface area contributed by atoms with Crippen molar-refractivity contribution in [1.29, 1.82) is 0 Å². The number of benzene rings is 2. The van der Waals surface area contributed by atoms with E-state index in [0.29, 0.717) is 0 Å². The molecule has 6 nitrogen and oxygen atoms in total. The highest BCUT2D eigenvalue weighted by Gasteiger charge is 2.18. The Morgan fingerprint density at radius 2 is 1.78 bits per heavy atom. The highest BCUT2D eigenvalue weighted by Crippen LogP contribution is 2.37. The largest absolute Gasteiger partial charge is 0.454 e. The zero-order chi connectivity index (χ0) is 15.2. The molecule has 1 aliphatic rings. The molecule has 0 amide bonds. The molecular weight excluding hydrogens is 312 g/mol. The minimum atomic E-state index is 0.266. The van der Waals surface area contributed by atoms with Crippen molar-refractivity contribution in [2.75, 3.05) is 6.79 Å². The summed E-state index contributed by atoms with van der Waals surface area (Å²) in [5.41, 5.74) is 1.96. The Kier molecular flexibility index (Phi) is 2.62. The third-order valence-electron chi connectivity index (χ3n) is 3.64. The van der Waals surface area contributed by atoms with Gasteiger partial charge >= 0.3 is 0 Å². The molecule has 0 aliphatic carbocycles. The lowest BCUT2D eigenvalue weighted by Gasteiger charge is -1.99. The van der Waals surface area contributed by atoms with Crippen molar-refractivity contribution in [1.82, 2.24) is 19.8 Å². The SMILES string of the molecule is c1ccc(-c2nnc3sc(-c4ccc5c(c4)OCO5)nn23)cc1. The van der Waals surface area contributed by atoms with Crippen molar-refractivity contribution < 1.29 is 9.47 Å². The third kappa shape index (κ3) is 1.97. The summed E-state index contributed by atoms with van der Waals surface area (Å²) in [5, 5.41) is 14.0. The van der Waals surface area contributed by atoms with Crippen molar-refractivity contribution >= 4 is 16.3 Å². The van der Waals surface area contributed by atoms with E-state index >= 15 is 0 Å². The average Bonchev–Trinajstić information content (AvgIpc) is 3.29. The Hall–Kier alpha value is -2.93. The molecule has 0 bridgehead atoms. The molecule has 0 saturated heterocycles. The number of rotatable bonds is 2. The molecule has 7 heteroatoms.